The van der Waals surface area contributed by atoms with Crippen LogP contribution in [0.1, 0.15) is 6.92 Å². The molecule has 0 fully saturated rings. The van der Waals surface area contributed by atoms with Crippen LogP contribution < -0.4 is 0 Å². The van der Waals surface area contributed by atoms with Crippen LogP contribution in [0.15, 0.2) is 24.3 Å². The van der Waals surface area contributed by atoms with E-state index in [2.05, 4.69) is 0 Å². The topological polar surface area (TPSA) is 20.2 Å². The van der Waals surface area contributed by atoms with Crippen LogP contribution in [0.4, 0.5) is 8.78 Å². The summed E-state index contributed by atoms with van der Waals surface area (Å²) in [6.45, 7) is 1.65. The fourth-order valence-electron chi connectivity index (χ4n) is 0.382. The molecule has 1 unspecified atom stereocenters. The monoisotopic (exact) mass is 134 g/mol. The Morgan fingerprint density at radius 3 is 2.44 bits per heavy atom. The highest BCUT2D eigenvalue weighted by atomic mass is 19.3. The summed E-state index contributed by atoms with van der Waals surface area (Å²) in [5.74, 6) is 0. The van der Waals surface area contributed by atoms with Gasteiger partial charge in [-0.25, -0.2) is 0 Å². The Bertz CT molecular complexity index is 125. The first-order chi connectivity index (χ1) is 4.16. The summed E-state index contributed by atoms with van der Waals surface area (Å²) in [6, 6.07) is 0. The normalized spacial score (nSPS) is 13.8. The van der Waals surface area contributed by atoms with E-state index < -0.39 is 12.2 Å². The maximum absolute atomic E-state index is 11.3. The van der Waals surface area contributed by atoms with Crippen LogP contribution in [0.2, 0.25) is 0 Å². The zero-order chi connectivity index (χ0) is 7.28. The molecular formula is C6H8F2O. The van der Waals surface area contributed by atoms with E-state index >= 15 is 0 Å². The molecule has 0 aromatic carbocycles. The van der Waals surface area contributed by atoms with Gasteiger partial charge in [0.15, 0.2) is 0 Å². The molecule has 1 nitrogen and oxygen atoms in total. The Hall–Kier alpha value is -0.700. The summed E-state index contributed by atoms with van der Waals surface area (Å²) in [4.78, 5) is 0. The van der Waals surface area contributed by atoms with Crippen molar-refractivity contribution in [3.8, 4) is 0 Å². The van der Waals surface area contributed by atoms with Gasteiger partial charge >= 0.3 is 0 Å². The van der Waals surface area contributed by atoms with Crippen LogP contribution in [-0.2, 0) is 0 Å². The van der Waals surface area contributed by atoms with Gasteiger partial charge in [-0.3, -0.25) is 0 Å². The molecule has 0 spiro atoms. The average molecular weight is 134 g/mol. The van der Waals surface area contributed by atoms with Crippen LogP contribution in [-0.4, -0.2) is 11.2 Å². The van der Waals surface area contributed by atoms with E-state index in [9.17, 15) is 8.78 Å². The zero-order valence-corrected chi connectivity index (χ0v) is 5.01. The Morgan fingerprint density at radius 2 is 2.11 bits per heavy atom. The Balaban J connectivity index is 3.76. The summed E-state index contributed by atoms with van der Waals surface area (Å²) in [6.07, 6.45) is 0.226. The van der Waals surface area contributed by atoms with Gasteiger partial charge < -0.3 is 5.11 Å². The quantitative estimate of drug-likeness (QED) is 0.570. The minimum absolute atomic E-state index is 0.472. The fraction of sp³-hybridized carbons (Fsp3) is 0.333. The molecule has 0 bridgehead atoms. The number of aliphatic hydroxyl groups excluding tert-OH is 1. The van der Waals surface area contributed by atoms with Crippen LogP contribution in [0.3, 0.4) is 0 Å². The van der Waals surface area contributed by atoms with E-state index in [-0.39, 0.29) is 0 Å². The molecule has 0 aliphatic rings. The van der Waals surface area contributed by atoms with Gasteiger partial charge in [0.1, 0.15) is 0 Å². The molecule has 0 saturated carbocycles. The number of rotatable bonds is 2. The van der Waals surface area contributed by atoms with Crippen molar-refractivity contribution >= 4 is 0 Å². The van der Waals surface area contributed by atoms with Crippen molar-refractivity contribution in [2.24, 2.45) is 0 Å². The standard InChI is InChI=1S/C6H8F2O/c1-2-3-5(9)4-6(7)8/h2-5,9H,1H3/b3-2+. The third kappa shape index (κ3) is 5.17. The molecule has 1 atom stereocenters. The van der Waals surface area contributed by atoms with E-state index in [1.807, 2.05) is 0 Å². The Morgan fingerprint density at radius 1 is 1.56 bits per heavy atom. The summed E-state index contributed by atoms with van der Waals surface area (Å²) < 4.78 is 22.6. The maximum atomic E-state index is 11.3. The van der Waals surface area contributed by atoms with Crippen molar-refractivity contribution in [1.82, 2.24) is 0 Å². The van der Waals surface area contributed by atoms with Crippen molar-refractivity contribution in [1.29, 1.82) is 0 Å². The van der Waals surface area contributed by atoms with Gasteiger partial charge in [-0.15, -0.1) is 0 Å². The van der Waals surface area contributed by atoms with Crippen LogP contribution in [0.25, 0.3) is 0 Å². The second kappa shape index (κ2) is 4.21. The molecule has 1 N–H and O–H groups in total. The van der Waals surface area contributed by atoms with Gasteiger partial charge in [0, 0.05) is 6.08 Å². The number of allylic oxidation sites excluding steroid dienone is 1. The van der Waals surface area contributed by atoms with Gasteiger partial charge in [0.2, 0.25) is 0 Å². The smallest absolute Gasteiger partial charge is 0.269 e. The number of hydrogen-bond donors (Lipinski definition) is 1. The molecular weight excluding hydrogens is 126 g/mol. The van der Waals surface area contributed by atoms with E-state index in [0.717, 1.165) is 0 Å². The summed E-state index contributed by atoms with van der Waals surface area (Å²) in [5, 5.41) is 8.58. The third-order valence-electron chi connectivity index (χ3n) is 0.686. The summed E-state index contributed by atoms with van der Waals surface area (Å²) >= 11 is 0. The third-order valence-corrected chi connectivity index (χ3v) is 0.686. The van der Waals surface area contributed by atoms with E-state index in [4.69, 9.17) is 5.11 Å². The average Bonchev–Trinajstić information content (AvgIpc) is 1.63. The van der Waals surface area contributed by atoms with Crippen molar-refractivity contribution in [3.05, 3.63) is 24.3 Å². The minimum atomic E-state index is -1.86. The van der Waals surface area contributed by atoms with Gasteiger partial charge in [-0.1, -0.05) is 12.2 Å². The molecule has 0 radical (unpaired) electrons. The molecule has 0 aromatic rings. The first-order valence-electron chi connectivity index (χ1n) is 2.50. The summed E-state index contributed by atoms with van der Waals surface area (Å²) in [7, 11) is 0. The van der Waals surface area contributed by atoms with E-state index in [0.29, 0.717) is 6.08 Å². The molecule has 0 amide bonds. The largest absolute Gasteiger partial charge is 0.385 e. The summed E-state index contributed by atoms with van der Waals surface area (Å²) in [5.41, 5.74) is 0. The van der Waals surface area contributed by atoms with Crippen molar-refractivity contribution < 1.29 is 13.9 Å². The lowest BCUT2D eigenvalue weighted by Gasteiger charge is -1.92. The highest BCUT2D eigenvalue weighted by Crippen LogP contribution is 1.99. The van der Waals surface area contributed by atoms with Gasteiger partial charge in [0.25, 0.3) is 6.08 Å². The number of halogens is 2. The zero-order valence-electron chi connectivity index (χ0n) is 5.01. The lowest BCUT2D eigenvalue weighted by atomic mass is 10.3. The van der Waals surface area contributed by atoms with Crippen LogP contribution in [0.5, 0.6) is 0 Å². The van der Waals surface area contributed by atoms with Crippen molar-refractivity contribution in [3.63, 3.8) is 0 Å². The molecule has 0 aromatic heterocycles. The van der Waals surface area contributed by atoms with E-state index in [1.54, 1.807) is 6.92 Å². The van der Waals surface area contributed by atoms with Gasteiger partial charge in [0.05, 0.1) is 6.10 Å². The van der Waals surface area contributed by atoms with Crippen molar-refractivity contribution in [2.75, 3.05) is 0 Å². The van der Waals surface area contributed by atoms with Gasteiger partial charge in [-0.05, 0) is 6.92 Å². The maximum Gasteiger partial charge on any atom is 0.269 e. The van der Waals surface area contributed by atoms with Crippen LogP contribution >= 0.6 is 0 Å². The minimum Gasteiger partial charge on any atom is -0.385 e. The predicted octanol–water partition coefficient (Wildman–Crippen LogP) is 1.70. The Labute approximate surface area is 52.3 Å². The Kier molecular flexibility index (Phi) is 3.88. The SMILES string of the molecule is C/C=C/C(O)C=C(F)F. The lowest BCUT2D eigenvalue weighted by Crippen LogP contribution is -1.95. The highest BCUT2D eigenvalue weighted by molar-refractivity contribution is 5.00. The molecule has 3 heteroatoms. The molecule has 0 aliphatic heterocycles. The van der Waals surface area contributed by atoms with Gasteiger partial charge in [-0.2, -0.15) is 8.78 Å². The molecule has 9 heavy (non-hydrogen) atoms. The first-order valence-corrected chi connectivity index (χ1v) is 2.50. The van der Waals surface area contributed by atoms with Crippen LogP contribution in [0, 0.1) is 0 Å². The molecule has 0 saturated heterocycles. The molecule has 0 aliphatic carbocycles. The predicted molar refractivity (Wildman–Crippen MR) is 31.1 cm³/mol. The van der Waals surface area contributed by atoms with E-state index in [1.165, 1.54) is 12.2 Å². The molecule has 0 heterocycles. The second-order valence-electron chi connectivity index (χ2n) is 1.47. The first kappa shape index (κ1) is 8.30. The van der Waals surface area contributed by atoms with Crippen molar-refractivity contribution in [2.45, 2.75) is 13.0 Å². The number of aliphatic hydroxyl groups is 1. The fourth-order valence-corrected chi connectivity index (χ4v) is 0.382. The number of hydrogen-bond acceptors (Lipinski definition) is 1. The second-order valence-corrected chi connectivity index (χ2v) is 1.47. The molecule has 0 rings (SSSR count). The highest BCUT2D eigenvalue weighted by Gasteiger charge is 1.94. The molecule has 52 valence electrons. The lowest BCUT2D eigenvalue weighted by molar-refractivity contribution is 0.261.